The second kappa shape index (κ2) is 7.65. The Morgan fingerprint density at radius 1 is 0.633 bits per heavy atom. The molecule has 0 aliphatic rings. The van der Waals surface area contributed by atoms with Crippen LogP contribution in [0.25, 0.3) is 0 Å². The topological polar surface area (TPSA) is 70.5 Å². The van der Waals surface area contributed by atoms with E-state index in [2.05, 4.69) is 0 Å². The van der Waals surface area contributed by atoms with Crippen LogP contribution in [0, 0.1) is 23.3 Å². The molecule has 0 amide bonds. The molecule has 0 unspecified atom stereocenters. The quantitative estimate of drug-likeness (QED) is 0.391. The van der Waals surface area contributed by atoms with E-state index in [1.165, 1.54) is 0 Å². The Morgan fingerprint density at radius 2 is 1.13 bits per heavy atom. The van der Waals surface area contributed by atoms with E-state index in [0.29, 0.717) is 18.2 Å². The minimum atomic E-state index is -4.87. The van der Waals surface area contributed by atoms with Crippen LogP contribution in [0.5, 0.6) is 23.0 Å². The zero-order chi connectivity index (χ0) is 22.2. The maximum absolute atomic E-state index is 13.5. The van der Waals surface area contributed by atoms with Gasteiger partial charge in [-0.25, -0.2) is 17.6 Å². The Hall–Kier alpha value is -3.63. The molecule has 0 heterocycles. The first-order chi connectivity index (χ1) is 14.0. The summed E-state index contributed by atoms with van der Waals surface area (Å²) >= 11 is 0. The molecule has 0 saturated heterocycles. The number of anilines is 2. The number of hydrogen-bond acceptors (Lipinski definition) is 4. The van der Waals surface area contributed by atoms with Gasteiger partial charge in [-0.15, -0.1) is 0 Å². The van der Waals surface area contributed by atoms with Crippen molar-refractivity contribution in [3.63, 3.8) is 0 Å². The number of rotatable bonds is 4. The summed E-state index contributed by atoms with van der Waals surface area (Å²) in [4.78, 5) is 0. The molecular formula is C19H11F7N2O2. The summed E-state index contributed by atoms with van der Waals surface area (Å²) in [7, 11) is 0. The van der Waals surface area contributed by atoms with Gasteiger partial charge in [0, 0.05) is 30.3 Å². The summed E-state index contributed by atoms with van der Waals surface area (Å²) < 4.78 is 104. The molecule has 0 aromatic heterocycles. The Morgan fingerprint density at radius 3 is 1.60 bits per heavy atom. The highest BCUT2D eigenvalue weighted by Gasteiger charge is 2.35. The minimum Gasteiger partial charge on any atom is -0.457 e. The van der Waals surface area contributed by atoms with Crippen molar-refractivity contribution >= 4 is 11.4 Å². The Balaban J connectivity index is 2.01. The van der Waals surface area contributed by atoms with E-state index >= 15 is 0 Å². The van der Waals surface area contributed by atoms with E-state index in [-0.39, 0.29) is 11.5 Å². The third kappa shape index (κ3) is 4.34. The predicted molar refractivity (Wildman–Crippen MR) is 93.1 cm³/mol. The summed E-state index contributed by atoms with van der Waals surface area (Å²) in [6.07, 6.45) is -4.87. The maximum atomic E-state index is 13.5. The van der Waals surface area contributed by atoms with Gasteiger partial charge in [0.15, 0.2) is 23.3 Å². The molecule has 0 bridgehead atoms. The molecule has 3 aromatic rings. The SMILES string of the molecule is Nc1cc(Oc2ccc(C(F)(F)F)c(Oc3cc(N)c(F)c(F)c3)c2)cc(F)c1F. The number of benzene rings is 3. The van der Waals surface area contributed by atoms with Crippen LogP contribution in [0.1, 0.15) is 5.56 Å². The lowest BCUT2D eigenvalue weighted by Gasteiger charge is -2.16. The van der Waals surface area contributed by atoms with Crippen molar-refractivity contribution in [1.29, 1.82) is 0 Å². The van der Waals surface area contributed by atoms with Gasteiger partial charge >= 0.3 is 6.18 Å². The molecule has 3 rings (SSSR count). The first-order valence-corrected chi connectivity index (χ1v) is 8.01. The van der Waals surface area contributed by atoms with E-state index in [9.17, 15) is 30.7 Å². The molecule has 0 saturated carbocycles. The molecule has 0 fully saturated rings. The van der Waals surface area contributed by atoms with Crippen LogP contribution in [0.2, 0.25) is 0 Å². The molecule has 11 heteroatoms. The molecule has 3 aromatic carbocycles. The number of halogens is 7. The number of alkyl halides is 3. The van der Waals surface area contributed by atoms with Crippen LogP contribution in [0.4, 0.5) is 42.1 Å². The highest BCUT2D eigenvalue weighted by atomic mass is 19.4. The van der Waals surface area contributed by atoms with Gasteiger partial charge in [-0.05, 0) is 12.1 Å². The average molecular weight is 432 g/mol. The van der Waals surface area contributed by atoms with Crippen molar-refractivity contribution in [2.45, 2.75) is 6.18 Å². The van der Waals surface area contributed by atoms with E-state index in [1.54, 1.807) is 0 Å². The first kappa shape index (κ1) is 21.1. The third-order valence-corrected chi connectivity index (χ3v) is 3.78. The van der Waals surface area contributed by atoms with E-state index in [1.807, 2.05) is 0 Å². The highest BCUT2D eigenvalue weighted by molar-refractivity contribution is 5.51. The van der Waals surface area contributed by atoms with Crippen molar-refractivity contribution in [3.05, 3.63) is 71.3 Å². The van der Waals surface area contributed by atoms with Crippen LogP contribution < -0.4 is 20.9 Å². The lowest BCUT2D eigenvalue weighted by Crippen LogP contribution is -2.07. The van der Waals surface area contributed by atoms with Gasteiger partial charge in [-0.2, -0.15) is 13.2 Å². The van der Waals surface area contributed by atoms with Crippen LogP contribution >= 0.6 is 0 Å². The molecule has 0 aliphatic carbocycles. The summed E-state index contributed by atoms with van der Waals surface area (Å²) in [5.41, 5.74) is 8.02. The number of hydrogen-bond donors (Lipinski definition) is 2. The van der Waals surface area contributed by atoms with Crippen LogP contribution in [-0.2, 0) is 6.18 Å². The van der Waals surface area contributed by atoms with Gasteiger partial charge in [0.1, 0.15) is 23.0 Å². The lowest BCUT2D eigenvalue weighted by atomic mass is 10.1. The van der Waals surface area contributed by atoms with Crippen LogP contribution in [-0.4, -0.2) is 0 Å². The monoisotopic (exact) mass is 432 g/mol. The van der Waals surface area contributed by atoms with Crippen molar-refractivity contribution in [3.8, 4) is 23.0 Å². The Labute approximate surface area is 164 Å². The van der Waals surface area contributed by atoms with Crippen LogP contribution in [0.15, 0.2) is 42.5 Å². The predicted octanol–water partition coefficient (Wildman–Crippen LogP) is 6.01. The summed E-state index contributed by atoms with van der Waals surface area (Å²) in [6.45, 7) is 0. The summed E-state index contributed by atoms with van der Waals surface area (Å²) in [6, 6.07) is 5.13. The average Bonchev–Trinajstić information content (AvgIpc) is 2.63. The van der Waals surface area contributed by atoms with Crippen molar-refractivity contribution < 1.29 is 40.2 Å². The fourth-order valence-electron chi connectivity index (χ4n) is 2.43. The largest absolute Gasteiger partial charge is 0.457 e. The minimum absolute atomic E-state index is 0.265. The second-order valence-corrected chi connectivity index (χ2v) is 5.98. The van der Waals surface area contributed by atoms with E-state index in [0.717, 1.165) is 24.3 Å². The normalized spacial score (nSPS) is 11.4. The molecule has 0 aliphatic heterocycles. The number of nitrogen functional groups attached to an aromatic ring is 2. The van der Waals surface area contributed by atoms with Gasteiger partial charge < -0.3 is 20.9 Å². The molecule has 158 valence electrons. The fourth-order valence-corrected chi connectivity index (χ4v) is 2.43. The van der Waals surface area contributed by atoms with Gasteiger partial charge in [0.25, 0.3) is 0 Å². The Bertz CT molecular complexity index is 1070. The third-order valence-electron chi connectivity index (χ3n) is 3.78. The zero-order valence-corrected chi connectivity index (χ0v) is 14.7. The highest BCUT2D eigenvalue weighted by Crippen LogP contribution is 2.41. The summed E-state index contributed by atoms with van der Waals surface area (Å²) in [5.74, 6) is -7.35. The van der Waals surface area contributed by atoms with Gasteiger partial charge in [0.05, 0.1) is 16.9 Å². The lowest BCUT2D eigenvalue weighted by molar-refractivity contribution is -0.138. The Kier molecular flexibility index (Phi) is 5.38. The maximum Gasteiger partial charge on any atom is 0.419 e. The van der Waals surface area contributed by atoms with Crippen molar-refractivity contribution in [1.82, 2.24) is 0 Å². The zero-order valence-electron chi connectivity index (χ0n) is 14.7. The molecular weight excluding hydrogens is 421 g/mol. The van der Waals surface area contributed by atoms with Crippen molar-refractivity contribution in [2.24, 2.45) is 0 Å². The first-order valence-electron chi connectivity index (χ1n) is 8.01. The molecule has 0 atom stereocenters. The van der Waals surface area contributed by atoms with Crippen LogP contribution in [0.3, 0.4) is 0 Å². The standard InChI is InChI=1S/C19H11F7N2O2/c20-12-3-9(5-14(27)17(12)22)29-8-1-2-11(19(24,25)26)16(7-8)30-10-4-13(21)18(23)15(28)6-10/h1-7H,27-28H2. The smallest absolute Gasteiger partial charge is 0.419 e. The fraction of sp³-hybridized carbons (Fsp3) is 0.0526. The van der Waals surface area contributed by atoms with Gasteiger partial charge in [-0.3, -0.25) is 0 Å². The molecule has 4 N–H and O–H groups in total. The molecule has 30 heavy (non-hydrogen) atoms. The van der Waals surface area contributed by atoms with Gasteiger partial charge in [-0.1, -0.05) is 0 Å². The molecule has 4 nitrogen and oxygen atoms in total. The molecule has 0 radical (unpaired) electrons. The van der Waals surface area contributed by atoms with Gasteiger partial charge in [0.2, 0.25) is 0 Å². The molecule has 0 spiro atoms. The van der Waals surface area contributed by atoms with E-state index in [4.69, 9.17) is 20.9 Å². The number of nitrogens with two attached hydrogens (primary N) is 2. The van der Waals surface area contributed by atoms with Crippen molar-refractivity contribution in [2.75, 3.05) is 11.5 Å². The summed E-state index contributed by atoms with van der Waals surface area (Å²) in [5, 5.41) is 0. The van der Waals surface area contributed by atoms with E-state index < -0.39 is 57.9 Å². The second-order valence-electron chi connectivity index (χ2n) is 5.98. The number of ether oxygens (including phenoxy) is 2.